The Kier molecular flexibility index (Phi) is 4.13. The molecule has 19 heavy (non-hydrogen) atoms. The van der Waals surface area contributed by atoms with Gasteiger partial charge in [0.2, 0.25) is 5.91 Å². The zero-order chi connectivity index (χ0) is 13.8. The zero-order valence-electron chi connectivity index (χ0n) is 10.3. The molecule has 2 rings (SSSR count). The lowest BCUT2D eigenvalue weighted by molar-refractivity contribution is -0.143. The molecule has 0 bridgehead atoms. The van der Waals surface area contributed by atoms with Crippen LogP contribution in [0.3, 0.4) is 0 Å². The number of carbonyl (C=O) groups excluding carboxylic acids is 1. The van der Waals surface area contributed by atoms with Gasteiger partial charge in [-0.2, -0.15) is 0 Å². The van der Waals surface area contributed by atoms with E-state index in [1.807, 2.05) is 24.3 Å². The molecule has 1 aliphatic heterocycles. The topological polar surface area (TPSA) is 98.7 Å². The van der Waals surface area contributed by atoms with Crippen molar-refractivity contribution < 1.29 is 19.8 Å². The van der Waals surface area contributed by atoms with Gasteiger partial charge in [-0.15, -0.1) is 0 Å². The highest BCUT2D eigenvalue weighted by Crippen LogP contribution is 2.23. The summed E-state index contributed by atoms with van der Waals surface area (Å²) in [7, 11) is 0. The maximum absolute atomic E-state index is 12.1. The van der Waals surface area contributed by atoms with Crippen LogP contribution in [0.25, 0.3) is 0 Å². The number of amides is 1. The fraction of sp³-hybridized carbons (Fsp3) is 0.385. The van der Waals surface area contributed by atoms with Crippen LogP contribution in [0.1, 0.15) is 17.0 Å². The number of hydrogen-bond acceptors (Lipinski definition) is 4. The van der Waals surface area contributed by atoms with Gasteiger partial charge in [0.25, 0.3) is 0 Å². The second kappa shape index (κ2) is 5.81. The van der Waals surface area contributed by atoms with E-state index < -0.39 is 24.5 Å². The van der Waals surface area contributed by atoms with Gasteiger partial charge in [-0.3, -0.25) is 4.79 Å². The van der Waals surface area contributed by atoms with Crippen LogP contribution in [0.15, 0.2) is 24.3 Å². The Balaban J connectivity index is 2.15. The first kappa shape index (κ1) is 13.5. The van der Waals surface area contributed by atoms with Gasteiger partial charge < -0.3 is 20.8 Å². The van der Waals surface area contributed by atoms with E-state index in [4.69, 9.17) is 10.2 Å². The average Bonchev–Trinajstić information content (AvgIpc) is 2.43. The Bertz CT molecular complexity index is 489. The van der Waals surface area contributed by atoms with Crippen molar-refractivity contribution in [1.82, 2.24) is 10.6 Å². The van der Waals surface area contributed by atoms with Crippen molar-refractivity contribution in [3.05, 3.63) is 35.4 Å². The molecular weight excluding hydrogens is 248 g/mol. The third kappa shape index (κ3) is 2.91. The van der Waals surface area contributed by atoms with E-state index in [1.165, 1.54) is 0 Å². The van der Waals surface area contributed by atoms with Gasteiger partial charge >= 0.3 is 5.97 Å². The van der Waals surface area contributed by atoms with Crippen molar-refractivity contribution in [3.63, 3.8) is 0 Å². The van der Waals surface area contributed by atoms with Crippen LogP contribution in [0.4, 0.5) is 0 Å². The van der Waals surface area contributed by atoms with Crippen LogP contribution < -0.4 is 10.6 Å². The maximum atomic E-state index is 12.1. The summed E-state index contributed by atoms with van der Waals surface area (Å²) in [6.45, 7) is 0.534. The van der Waals surface area contributed by atoms with Gasteiger partial charge in [-0.1, -0.05) is 24.3 Å². The summed E-state index contributed by atoms with van der Waals surface area (Å²) in [6.07, 6.45) is 0. The molecule has 1 heterocycles. The van der Waals surface area contributed by atoms with E-state index in [-0.39, 0.29) is 5.91 Å². The van der Waals surface area contributed by atoms with E-state index >= 15 is 0 Å². The minimum atomic E-state index is -1.26. The number of aliphatic hydroxyl groups excluding tert-OH is 1. The number of carbonyl (C=O) groups is 2. The highest BCUT2D eigenvalue weighted by Gasteiger charge is 2.29. The summed E-state index contributed by atoms with van der Waals surface area (Å²) < 4.78 is 0. The summed E-state index contributed by atoms with van der Waals surface area (Å²) >= 11 is 0. The molecule has 6 heteroatoms. The first-order chi connectivity index (χ1) is 9.13. The van der Waals surface area contributed by atoms with Gasteiger partial charge in [0.05, 0.1) is 12.5 Å². The largest absolute Gasteiger partial charge is 0.480 e. The summed E-state index contributed by atoms with van der Waals surface area (Å²) in [5, 5.41) is 23.2. The lowest BCUT2D eigenvalue weighted by Gasteiger charge is -2.26. The van der Waals surface area contributed by atoms with Crippen molar-refractivity contribution in [3.8, 4) is 0 Å². The molecule has 2 atom stereocenters. The highest BCUT2D eigenvalue weighted by atomic mass is 16.4. The molecule has 1 amide bonds. The number of benzene rings is 1. The fourth-order valence-electron chi connectivity index (χ4n) is 2.19. The van der Waals surface area contributed by atoms with Crippen LogP contribution in [0.5, 0.6) is 0 Å². The van der Waals surface area contributed by atoms with E-state index in [0.717, 1.165) is 11.1 Å². The third-order valence-electron chi connectivity index (χ3n) is 3.21. The summed E-state index contributed by atoms with van der Waals surface area (Å²) in [5.74, 6) is -2.06. The lowest BCUT2D eigenvalue weighted by Crippen LogP contribution is -2.47. The predicted molar refractivity (Wildman–Crippen MR) is 67.5 cm³/mol. The monoisotopic (exact) mass is 264 g/mol. The lowest BCUT2D eigenvalue weighted by atomic mass is 9.90. The number of fused-ring (bicyclic) bond motifs is 1. The molecule has 1 aromatic rings. The van der Waals surface area contributed by atoms with E-state index in [9.17, 15) is 9.59 Å². The average molecular weight is 264 g/mol. The molecule has 0 saturated carbocycles. The maximum Gasteiger partial charge on any atom is 0.328 e. The van der Waals surface area contributed by atoms with Gasteiger partial charge in [0.15, 0.2) is 0 Å². The second-order valence-electron chi connectivity index (χ2n) is 4.46. The molecule has 102 valence electrons. The van der Waals surface area contributed by atoms with Crippen LogP contribution >= 0.6 is 0 Å². The minimum absolute atomic E-state index is 0.388. The molecule has 4 N–H and O–H groups in total. The number of carboxylic acids is 1. The summed E-state index contributed by atoms with van der Waals surface area (Å²) in [5.41, 5.74) is 1.94. The molecule has 1 aliphatic rings. The Labute approximate surface area is 110 Å². The molecular formula is C13H16N2O4. The molecule has 0 spiro atoms. The molecule has 0 aromatic heterocycles. The first-order valence-corrected chi connectivity index (χ1v) is 6.06. The Hall–Kier alpha value is -1.92. The first-order valence-electron chi connectivity index (χ1n) is 6.06. The number of rotatable bonds is 4. The van der Waals surface area contributed by atoms with Crippen molar-refractivity contribution >= 4 is 11.9 Å². The van der Waals surface area contributed by atoms with Crippen molar-refractivity contribution in [1.29, 1.82) is 0 Å². The van der Waals surface area contributed by atoms with E-state index in [2.05, 4.69) is 10.6 Å². The molecule has 0 fully saturated rings. The van der Waals surface area contributed by atoms with Crippen LogP contribution in [-0.2, 0) is 16.1 Å². The van der Waals surface area contributed by atoms with E-state index in [1.54, 1.807) is 0 Å². The molecule has 2 unspecified atom stereocenters. The van der Waals surface area contributed by atoms with Gasteiger partial charge in [-0.25, -0.2) is 4.79 Å². The molecule has 1 aromatic carbocycles. The Morgan fingerprint density at radius 2 is 2.16 bits per heavy atom. The summed E-state index contributed by atoms with van der Waals surface area (Å²) in [6, 6.07) is 6.29. The zero-order valence-corrected chi connectivity index (χ0v) is 10.3. The highest BCUT2D eigenvalue weighted by molar-refractivity contribution is 5.88. The molecule has 6 nitrogen and oxygen atoms in total. The van der Waals surface area contributed by atoms with Crippen molar-refractivity contribution in [2.75, 3.05) is 13.2 Å². The van der Waals surface area contributed by atoms with Crippen LogP contribution in [0, 0.1) is 0 Å². The van der Waals surface area contributed by atoms with Crippen molar-refractivity contribution in [2.45, 2.75) is 18.5 Å². The number of aliphatic carboxylic acids is 1. The van der Waals surface area contributed by atoms with Gasteiger partial charge in [0, 0.05) is 13.1 Å². The summed E-state index contributed by atoms with van der Waals surface area (Å²) in [4.78, 5) is 22.9. The Morgan fingerprint density at radius 3 is 2.84 bits per heavy atom. The second-order valence-corrected chi connectivity index (χ2v) is 4.46. The normalized spacial score (nSPS) is 19.3. The number of nitrogens with one attached hydrogen (secondary N) is 2. The minimum Gasteiger partial charge on any atom is -0.480 e. The molecule has 0 aliphatic carbocycles. The van der Waals surface area contributed by atoms with Crippen molar-refractivity contribution in [2.24, 2.45) is 0 Å². The van der Waals surface area contributed by atoms with Gasteiger partial charge in [0.1, 0.15) is 6.04 Å². The standard InChI is InChI=1S/C13H16N2O4/c16-7-11(13(18)19)15-12(17)10-6-14-5-8-3-1-2-4-9(8)10/h1-4,10-11,14,16H,5-7H2,(H,15,17)(H,18,19). The fourth-order valence-corrected chi connectivity index (χ4v) is 2.19. The number of carboxylic acid groups (broad SMARTS) is 1. The number of hydrogen-bond donors (Lipinski definition) is 4. The van der Waals surface area contributed by atoms with Crippen LogP contribution in [-0.4, -0.2) is 41.3 Å². The smallest absolute Gasteiger partial charge is 0.328 e. The molecule has 0 saturated heterocycles. The SMILES string of the molecule is O=C(O)C(CO)NC(=O)C1CNCc2ccccc21. The van der Waals surface area contributed by atoms with Gasteiger partial charge in [-0.05, 0) is 11.1 Å². The quantitative estimate of drug-likeness (QED) is 0.584. The third-order valence-corrected chi connectivity index (χ3v) is 3.21. The number of aliphatic hydroxyl groups is 1. The van der Waals surface area contributed by atoms with Crippen LogP contribution in [0.2, 0.25) is 0 Å². The molecule has 0 radical (unpaired) electrons. The Morgan fingerprint density at radius 1 is 1.42 bits per heavy atom. The predicted octanol–water partition coefficient (Wildman–Crippen LogP) is -0.565. The van der Waals surface area contributed by atoms with E-state index in [0.29, 0.717) is 13.1 Å².